The zero-order chi connectivity index (χ0) is 11.5. The van der Waals surface area contributed by atoms with Gasteiger partial charge in [0.1, 0.15) is 5.69 Å². The molecule has 0 bridgehead atoms. The van der Waals surface area contributed by atoms with Gasteiger partial charge in [0.15, 0.2) is 0 Å². The average Bonchev–Trinajstić information content (AvgIpc) is 2.78. The minimum atomic E-state index is -0.430. The molecule has 0 fully saturated rings. The third kappa shape index (κ3) is 1.79. The first kappa shape index (κ1) is 10.4. The highest BCUT2D eigenvalue weighted by atomic mass is 16.5. The lowest BCUT2D eigenvalue weighted by molar-refractivity contribution is 0.0594. The van der Waals surface area contributed by atoms with Gasteiger partial charge in [0.2, 0.25) is 0 Å². The largest absolute Gasteiger partial charge is 0.464 e. The SMILES string of the molecule is COC(=O)c1cc(-c2cccnc2C)n[nH]1. The van der Waals surface area contributed by atoms with Crippen LogP contribution in [-0.2, 0) is 4.74 Å². The summed E-state index contributed by atoms with van der Waals surface area (Å²) in [6.45, 7) is 1.89. The molecule has 5 heteroatoms. The Morgan fingerprint density at radius 1 is 1.50 bits per heavy atom. The molecule has 1 N–H and O–H groups in total. The minimum absolute atomic E-state index is 0.334. The quantitative estimate of drug-likeness (QED) is 0.775. The van der Waals surface area contributed by atoms with Crippen LogP contribution in [0.1, 0.15) is 16.2 Å². The van der Waals surface area contributed by atoms with Gasteiger partial charge in [-0.2, -0.15) is 5.10 Å². The highest BCUT2D eigenvalue weighted by Crippen LogP contribution is 2.19. The van der Waals surface area contributed by atoms with E-state index in [4.69, 9.17) is 0 Å². The molecule has 0 amide bonds. The van der Waals surface area contributed by atoms with E-state index in [0.29, 0.717) is 11.4 Å². The van der Waals surface area contributed by atoms with Crippen molar-refractivity contribution in [3.8, 4) is 11.3 Å². The highest BCUT2D eigenvalue weighted by Gasteiger charge is 2.12. The molecule has 2 aromatic rings. The molecule has 0 saturated carbocycles. The molecule has 0 aromatic carbocycles. The number of hydrogen-bond acceptors (Lipinski definition) is 4. The number of carbonyl (C=O) groups excluding carboxylic acids is 1. The second kappa shape index (κ2) is 4.14. The standard InChI is InChI=1S/C11H11N3O2/c1-7-8(4-3-5-12-7)9-6-10(14-13-9)11(15)16-2/h3-6H,1-2H3,(H,13,14). The van der Waals surface area contributed by atoms with Gasteiger partial charge in [0.25, 0.3) is 0 Å². The molecule has 0 radical (unpaired) electrons. The molecule has 0 aliphatic rings. The number of pyridine rings is 1. The van der Waals surface area contributed by atoms with Crippen molar-refractivity contribution in [3.05, 3.63) is 35.8 Å². The van der Waals surface area contributed by atoms with Gasteiger partial charge < -0.3 is 4.74 Å². The zero-order valence-corrected chi connectivity index (χ0v) is 9.02. The number of rotatable bonds is 2. The van der Waals surface area contributed by atoms with Gasteiger partial charge in [0.05, 0.1) is 12.8 Å². The summed E-state index contributed by atoms with van der Waals surface area (Å²) in [5, 5.41) is 6.68. The third-order valence-corrected chi connectivity index (χ3v) is 2.27. The number of nitrogens with one attached hydrogen (secondary N) is 1. The van der Waals surface area contributed by atoms with Crippen LogP contribution in [0.15, 0.2) is 24.4 Å². The van der Waals surface area contributed by atoms with E-state index in [1.165, 1.54) is 7.11 Å². The van der Waals surface area contributed by atoms with Gasteiger partial charge in [-0.1, -0.05) is 0 Å². The van der Waals surface area contributed by atoms with Crippen molar-refractivity contribution in [1.29, 1.82) is 0 Å². The summed E-state index contributed by atoms with van der Waals surface area (Å²) in [4.78, 5) is 15.4. The van der Waals surface area contributed by atoms with Crippen molar-refractivity contribution in [1.82, 2.24) is 15.2 Å². The van der Waals surface area contributed by atoms with Crippen molar-refractivity contribution < 1.29 is 9.53 Å². The number of esters is 1. The van der Waals surface area contributed by atoms with Crippen LogP contribution < -0.4 is 0 Å². The molecule has 0 saturated heterocycles. The number of aryl methyl sites for hydroxylation is 1. The van der Waals surface area contributed by atoms with E-state index in [1.807, 2.05) is 19.1 Å². The molecule has 16 heavy (non-hydrogen) atoms. The summed E-state index contributed by atoms with van der Waals surface area (Å²) >= 11 is 0. The van der Waals surface area contributed by atoms with E-state index in [-0.39, 0.29) is 0 Å². The summed E-state index contributed by atoms with van der Waals surface area (Å²) in [6, 6.07) is 5.38. The van der Waals surface area contributed by atoms with Crippen molar-refractivity contribution in [2.75, 3.05) is 7.11 Å². The molecule has 0 spiro atoms. The fourth-order valence-electron chi connectivity index (χ4n) is 1.43. The number of aromatic amines is 1. The van der Waals surface area contributed by atoms with Crippen LogP contribution in [0.4, 0.5) is 0 Å². The van der Waals surface area contributed by atoms with Crippen LogP contribution >= 0.6 is 0 Å². The second-order valence-electron chi connectivity index (χ2n) is 3.29. The first-order valence-corrected chi connectivity index (χ1v) is 4.78. The molecule has 2 rings (SSSR count). The van der Waals surface area contributed by atoms with E-state index >= 15 is 0 Å². The van der Waals surface area contributed by atoms with Crippen LogP contribution in [0.5, 0.6) is 0 Å². The Bertz CT molecular complexity index is 519. The maximum atomic E-state index is 11.2. The van der Waals surface area contributed by atoms with Gasteiger partial charge in [0, 0.05) is 17.5 Å². The van der Waals surface area contributed by atoms with Crippen LogP contribution in [0, 0.1) is 6.92 Å². The fourth-order valence-corrected chi connectivity index (χ4v) is 1.43. The molecule has 0 unspecified atom stereocenters. The van der Waals surface area contributed by atoms with Gasteiger partial charge in [-0.15, -0.1) is 0 Å². The second-order valence-corrected chi connectivity index (χ2v) is 3.29. The topological polar surface area (TPSA) is 67.9 Å². The highest BCUT2D eigenvalue weighted by molar-refractivity contribution is 5.88. The number of aromatic nitrogens is 3. The monoisotopic (exact) mass is 217 g/mol. The number of methoxy groups -OCH3 is 1. The van der Waals surface area contributed by atoms with Gasteiger partial charge in [-0.25, -0.2) is 4.79 Å². The van der Waals surface area contributed by atoms with Crippen molar-refractivity contribution in [3.63, 3.8) is 0 Å². The number of H-pyrrole nitrogens is 1. The van der Waals surface area contributed by atoms with E-state index in [1.54, 1.807) is 12.3 Å². The maximum Gasteiger partial charge on any atom is 0.356 e. The molecule has 2 aromatic heterocycles. The lowest BCUT2D eigenvalue weighted by Crippen LogP contribution is -2.00. The first-order valence-electron chi connectivity index (χ1n) is 4.78. The summed E-state index contributed by atoms with van der Waals surface area (Å²) in [5.41, 5.74) is 2.78. The summed E-state index contributed by atoms with van der Waals surface area (Å²) < 4.78 is 4.59. The Labute approximate surface area is 92.5 Å². The molecular weight excluding hydrogens is 206 g/mol. The Balaban J connectivity index is 2.39. The molecular formula is C11H11N3O2. The van der Waals surface area contributed by atoms with E-state index in [2.05, 4.69) is 19.9 Å². The van der Waals surface area contributed by atoms with E-state index in [0.717, 1.165) is 11.3 Å². The van der Waals surface area contributed by atoms with Crippen LogP contribution in [0.2, 0.25) is 0 Å². The van der Waals surface area contributed by atoms with E-state index < -0.39 is 5.97 Å². The number of ether oxygens (including phenoxy) is 1. The molecule has 5 nitrogen and oxygen atoms in total. The summed E-state index contributed by atoms with van der Waals surface area (Å²) in [6.07, 6.45) is 1.71. The Morgan fingerprint density at radius 2 is 2.31 bits per heavy atom. The first-order chi connectivity index (χ1) is 7.72. The Morgan fingerprint density at radius 3 is 3.00 bits per heavy atom. The van der Waals surface area contributed by atoms with Crippen LogP contribution in [0.25, 0.3) is 11.3 Å². The third-order valence-electron chi connectivity index (χ3n) is 2.27. The summed E-state index contributed by atoms with van der Waals surface area (Å²) in [7, 11) is 1.33. The predicted molar refractivity (Wildman–Crippen MR) is 57.9 cm³/mol. The van der Waals surface area contributed by atoms with Crippen molar-refractivity contribution >= 4 is 5.97 Å². The smallest absolute Gasteiger partial charge is 0.356 e. The Hall–Kier alpha value is -2.17. The number of nitrogens with zero attached hydrogens (tertiary/aromatic N) is 2. The molecule has 82 valence electrons. The van der Waals surface area contributed by atoms with E-state index in [9.17, 15) is 4.79 Å². The lowest BCUT2D eigenvalue weighted by Gasteiger charge is -1.98. The Kier molecular flexibility index (Phi) is 2.68. The lowest BCUT2D eigenvalue weighted by atomic mass is 10.1. The minimum Gasteiger partial charge on any atom is -0.464 e. The predicted octanol–water partition coefficient (Wildman–Crippen LogP) is 1.57. The fraction of sp³-hybridized carbons (Fsp3) is 0.182. The van der Waals surface area contributed by atoms with Crippen LogP contribution in [0.3, 0.4) is 0 Å². The molecule has 0 aliphatic carbocycles. The van der Waals surface area contributed by atoms with Crippen LogP contribution in [-0.4, -0.2) is 28.3 Å². The van der Waals surface area contributed by atoms with Gasteiger partial charge in [-0.05, 0) is 25.1 Å². The average molecular weight is 217 g/mol. The molecule has 2 heterocycles. The number of hydrogen-bond donors (Lipinski definition) is 1. The summed E-state index contributed by atoms with van der Waals surface area (Å²) in [5.74, 6) is -0.430. The van der Waals surface area contributed by atoms with Gasteiger partial charge in [-0.3, -0.25) is 10.1 Å². The molecule has 0 atom stereocenters. The zero-order valence-electron chi connectivity index (χ0n) is 9.02. The molecule has 0 aliphatic heterocycles. The maximum absolute atomic E-state index is 11.2. The van der Waals surface area contributed by atoms with Crippen molar-refractivity contribution in [2.24, 2.45) is 0 Å². The number of carbonyl (C=O) groups is 1. The normalized spacial score (nSPS) is 10.1. The van der Waals surface area contributed by atoms with Gasteiger partial charge >= 0.3 is 5.97 Å². The van der Waals surface area contributed by atoms with Crippen molar-refractivity contribution in [2.45, 2.75) is 6.92 Å².